The van der Waals surface area contributed by atoms with Crippen molar-refractivity contribution in [2.24, 2.45) is 0 Å². The zero-order valence-corrected chi connectivity index (χ0v) is 19.5. The van der Waals surface area contributed by atoms with Crippen LogP contribution in [0.1, 0.15) is 33.4 Å². The van der Waals surface area contributed by atoms with Crippen molar-refractivity contribution in [3.63, 3.8) is 0 Å². The fraction of sp³-hybridized carbons (Fsp3) is 0.0625. The van der Waals surface area contributed by atoms with Crippen molar-refractivity contribution in [3.05, 3.63) is 130 Å². The highest BCUT2D eigenvalue weighted by atomic mass is 19.4. The Morgan fingerprint density at radius 1 is 0.368 bits per heavy atom. The Morgan fingerprint density at radius 2 is 0.711 bits per heavy atom. The number of alkyl halides is 6. The van der Waals surface area contributed by atoms with Gasteiger partial charge in [0.2, 0.25) is 0 Å². The molecular formula is C32H16F6. The second-order valence-corrected chi connectivity index (χ2v) is 8.50. The van der Waals surface area contributed by atoms with Crippen LogP contribution in [-0.4, -0.2) is 0 Å². The van der Waals surface area contributed by atoms with Gasteiger partial charge in [-0.2, -0.15) is 26.3 Å². The van der Waals surface area contributed by atoms with Crippen molar-refractivity contribution in [1.29, 1.82) is 0 Å². The molecule has 186 valence electrons. The molecule has 0 aliphatic heterocycles. The number of rotatable bonds is 0. The summed E-state index contributed by atoms with van der Waals surface area (Å²) in [5.41, 5.74) is -0.679. The lowest BCUT2D eigenvalue weighted by Gasteiger charge is -2.20. The Kier molecular flexibility index (Phi) is 6.35. The molecule has 0 N–H and O–H groups in total. The summed E-state index contributed by atoms with van der Waals surface area (Å²) >= 11 is 0. The number of benzene rings is 5. The second-order valence-electron chi connectivity index (χ2n) is 8.50. The van der Waals surface area contributed by atoms with E-state index in [1.165, 1.54) is 12.1 Å². The van der Waals surface area contributed by atoms with E-state index in [-0.39, 0.29) is 11.1 Å². The van der Waals surface area contributed by atoms with E-state index in [9.17, 15) is 26.3 Å². The summed E-state index contributed by atoms with van der Waals surface area (Å²) in [4.78, 5) is 0. The molecule has 0 saturated heterocycles. The molecule has 0 aliphatic carbocycles. The molecule has 6 heteroatoms. The Labute approximate surface area is 214 Å². The van der Waals surface area contributed by atoms with Gasteiger partial charge in [0.25, 0.3) is 0 Å². The molecule has 0 unspecified atom stereocenters. The number of fused-ring (bicyclic) bond motifs is 2. The van der Waals surface area contributed by atoms with Crippen LogP contribution in [0.3, 0.4) is 0 Å². The van der Waals surface area contributed by atoms with Crippen molar-refractivity contribution >= 4 is 21.5 Å². The third-order valence-corrected chi connectivity index (χ3v) is 5.93. The first-order valence-corrected chi connectivity index (χ1v) is 11.4. The molecule has 0 atom stereocenters. The van der Waals surface area contributed by atoms with Crippen LogP contribution in [0.15, 0.2) is 97.1 Å². The maximum absolute atomic E-state index is 14.4. The van der Waals surface area contributed by atoms with Crippen LogP contribution in [0, 0.1) is 23.7 Å². The monoisotopic (exact) mass is 514 g/mol. The van der Waals surface area contributed by atoms with Crippen molar-refractivity contribution in [3.8, 4) is 23.7 Å². The minimum Gasteiger partial charge on any atom is -0.166 e. The molecule has 0 heterocycles. The highest BCUT2D eigenvalue weighted by Gasteiger charge is 2.41. The summed E-state index contributed by atoms with van der Waals surface area (Å²) in [5, 5.41) is -2.20. The molecule has 0 bridgehead atoms. The Balaban J connectivity index is 1.78. The van der Waals surface area contributed by atoms with Gasteiger partial charge in [-0.3, -0.25) is 0 Å². The van der Waals surface area contributed by atoms with Gasteiger partial charge in [-0.15, -0.1) is 0 Å². The molecule has 5 aromatic carbocycles. The maximum Gasteiger partial charge on any atom is 0.417 e. The van der Waals surface area contributed by atoms with Crippen molar-refractivity contribution in [2.45, 2.75) is 12.4 Å². The molecule has 0 nitrogen and oxygen atoms in total. The fourth-order valence-corrected chi connectivity index (χ4v) is 4.33. The third kappa shape index (κ3) is 5.08. The van der Waals surface area contributed by atoms with Gasteiger partial charge in [0.15, 0.2) is 0 Å². The van der Waals surface area contributed by atoms with E-state index >= 15 is 0 Å². The van der Waals surface area contributed by atoms with Crippen LogP contribution >= 0.6 is 0 Å². The largest absolute Gasteiger partial charge is 0.417 e. The average Bonchev–Trinajstić information content (AvgIpc) is 2.89. The van der Waals surface area contributed by atoms with E-state index in [0.29, 0.717) is 11.1 Å². The lowest BCUT2D eigenvalue weighted by Crippen LogP contribution is -2.13. The van der Waals surface area contributed by atoms with Crippen LogP contribution in [0.2, 0.25) is 0 Å². The second kappa shape index (κ2) is 9.65. The van der Waals surface area contributed by atoms with Crippen molar-refractivity contribution in [1.82, 2.24) is 0 Å². The Morgan fingerprint density at radius 3 is 1.05 bits per heavy atom. The average molecular weight is 514 g/mol. The van der Waals surface area contributed by atoms with Crippen LogP contribution in [0.5, 0.6) is 0 Å². The molecular weight excluding hydrogens is 498 g/mol. The van der Waals surface area contributed by atoms with E-state index in [2.05, 4.69) is 23.7 Å². The van der Waals surface area contributed by atoms with Gasteiger partial charge >= 0.3 is 12.4 Å². The van der Waals surface area contributed by atoms with E-state index in [0.717, 1.165) is 24.3 Å². The third-order valence-electron chi connectivity index (χ3n) is 5.93. The first kappa shape index (κ1) is 25.0. The number of hydrogen-bond acceptors (Lipinski definition) is 0. The van der Waals surface area contributed by atoms with Gasteiger partial charge in [-0.05, 0) is 70.1 Å². The molecule has 0 saturated carbocycles. The summed E-state index contributed by atoms with van der Waals surface area (Å²) in [6, 6.07) is 24.4. The van der Waals surface area contributed by atoms with Gasteiger partial charge in [0, 0.05) is 22.3 Å². The molecule has 0 aliphatic rings. The zero-order chi connectivity index (χ0) is 26.9. The van der Waals surface area contributed by atoms with Crippen molar-refractivity contribution in [2.75, 3.05) is 0 Å². The number of hydrogen-bond donors (Lipinski definition) is 0. The zero-order valence-electron chi connectivity index (χ0n) is 19.5. The Bertz CT molecular complexity index is 1640. The van der Waals surface area contributed by atoms with E-state index < -0.39 is 45.0 Å². The highest BCUT2D eigenvalue weighted by molar-refractivity contribution is 6.07. The van der Waals surface area contributed by atoms with Gasteiger partial charge in [-0.1, -0.05) is 72.2 Å². The summed E-state index contributed by atoms with van der Waals surface area (Å²) in [5.74, 6) is 11.2. The van der Waals surface area contributed by atoms with Crippen LogP contribution in [0.4, 0.5) is 26.3 Å². The molecule has 0 fully saturated rings. The van der Waals surface area contributed by atoms with E-state index in [1.54, 1.807) is 60.7 Å². The maximum atomic E-state index is 14.4. The standard InChI is InChI=1S/C32H16F6/c33-31(34,35)29-26-18-16-24(14-12-22-9-5-2-6-10-22)20-28(26)30(32(36,37)38)25-17-15-23(19-27(25)29)13-11-21-7-3-1-4-8-21/h1-10,15-20H. The van der Waals surface area contributed by atoms with Crippen molar-refractivity contribution < 1.29 is 26.3 Å². The predicted molar refractivity (Wildman–Crippen MR) is 136 cm³/mol. The van der Waals surface area contributed by atoms with E-state index in [4.69, 9.17) is 0 Å². The molecule has 0 aromatic heterocycles. The fourth-order valence-electron chi connectivity index (χ4n) is 4.33. The first-order valence-electron chi connectivity index (χ1n) is 11.4. The minimum absolute atomic E-state index is 0.171. The summed E-state index contributed by atoms with van der Waals surface area (Å²) in [6.45, 7) is 0. The van der Waals surface area contributed by atoms with Gasteiger partial charge in [0.1, 0.15) is 0 Å². The van der Waals surface area contributed by atoms with Gasteiger partial charge < -0.3 is 0 Å². The molecule has 5 aromatic rings. The molecule has 5 rings (SSSR count). The van der Waals surface area contributed by atoms with E-state index in [1.807, 2.05) is 0 Å². The summed E-state index contributed by atoms with van der Waals surface area (Å²) < 4.78 is 86.3. The lowest BCUT2D eigenvalue weighted by molar-refractivity contribution is -0.137. The highest BCUT2D eigenvalue weighted by Crippen LogP contribution is 2.47. The van der Waals surface area contributed by atoms with Crippen LogP contribution in [0.25, 0.3) is 21.5 Å². The van der Waals surface area contributed by atoms with Gasteiger partial charge in [-0.25, -0.2) is 0 Å². The number of halogens is 6. The van der Waals surface area contributed by atoms with Gasteiger partial charge in [0.05, 0.1) is 11.1 Å². The first-order chi connectivity index (χ1) is 18.1. The summed E-state index contributed by atoms with van der Waals surface area (Å²) in [6.07, 6.45) is -9.83. The molecule has 38 heavy (non-hydrogen) atoms. The molecule has 0 amide bonds. The van der Waals surface area contributed by atoms with Crippen LogP contribution in [-0.2, 0) is 12.4 Å². The SMILES string of the molecule is FC(F)(F)c1c2ccc(C#Cc3ccccc3)cc2c(C(F)(F)F)c2ccc(C#Cc3ccccc3)cc12. The topological polar surface area (TPSA) is 0 Å². The summed E-state index contributed by atoms with van der Waals surface area (Å²) in [7, 11) is 0. The normalized spacial score (nSPS) is 11.5. The quantitative estimate of drug-likeness (QED) is 0.110. The van der Waals surface area contributed by atoms with Crippen LogP contribution < -0.4 is 0 Å². The minimum atomic E-state index is -4.91. The molecule has 0 spiro atoms. The Hall–Kier alpha value is -4.68. The smallest absolute Gasteiger partial charge is 0.166 e. The lowest BCUT2D eigenvalue weighted by atomic mass is 9.89. The molecule has 0 radical (unpaired) electrons. The predicted octanol–water partition coefficient (Wildman–Crippen LogP) is 8.83.